The molecule has 0 amide bonds. The van der Waals surface area contributed by atoms with E-state index < -0.39 is 17.3 Å². The van der Waals surface area contributed by atoms with E-state index >= 15 is 0 Å². The lowest BCUT2D eigenvalue weighted by molar-refractivity contribution is -0.138. The van der Waals surface area contributed by atoms with Gasteiger partial charge in [0, 0.05) is 6.54 Å². The highest BCUT2D eigenvalue weighted by molar-refractivity contribution is 5.39. The van der Waals surface area contributed by atoms with Crippen LogP contribution < -0.4 is 5.32 Å². The quantitative estimate of drug-likeness (QED) is 0.901. The van der Waals surface area contributed by atoms with Crippen molar-refractivity contribution >= 4 is 0 Å². The molecule has 0 aliphatic heterocycles. The lowest BCUT2D eigenvalue weighted by Crippen LogP contribution is -2.43. The van der Waals surface area contributed by atoms with Gasteiger partial charge in [-0.05, 0) is 35.6 Å². The van der Waals surface area contributed by atoms with E-state index in [0.29, 0.717) is 6.42 Å². The van der Waals surface area contributed by atoms with Gasteiger partial charge in [0.05, 0.1) is 17.7 Å². The van der Waals surface area contributed by atoms with Gasteiger partial charge in [0.1, 0.15) is 0 Å². The fraction of sp³-hybridized carbons (Fsp3) is 0.333. The normalized spacial score (nSPS) is 20.5. The van der Waals surface area contributed by atoms with Gasteiger partial charge in [-0.3, -0.25) is 0 Å². The van der Waals surface area contributed by atoms with Crippen molar-refractivity contribution < 1.29 is 18.3 Å². The van der Waals surface area contributed by atoms with Crippen molar-refractivity contribution in [1.82, 2.24) is 5.32 Å². The van der Waals surface area contributed by atoms with E-state index in [0.717, 1.165) is 23.6 Å². The largest absolute Gasteiger partial charge is 0.416 e. The van der Waals surface area contributed by atoms with Crippen LogP contribution in [0.25, 0.3) is 0 Å². The Balaban J connectivity index is 1.86. The molecule has 0 radical (unpaired) electrons. The predicted molar refractivity (Wildman–Crippen MR) is 81.8 cm³/mol. The van der Waals surface area contributed by atoms with Crippen molar-refractivity contribution in [3.8, 4) is 0 Å². The van der Waals surface area contributed by atoms with Crippen LogP contribution in [-0.2, 0) is 24.7 Å². The highest BCUT2D eigenvalue weighted by atomic mass is 19.4. The molecule has 0 heterocycles. The number of fused-ring (bicyclic) bond motifs is 1. The summed E-state index contributed by atoms with van der Waals surface area (Å²) in [4.78, 5) is 0. The Labute approximate surface area is 133 Å². The number of hydrogen-bond donors (Lipinski definition) is 2. The zero-order chi connectivity index (χ0) is 16.5. The zero-order valence-corrected chi connectivity index (χ0v) is 12.5. The van der Waals surface area contributed by atoms with Crippen LogP contribution in [-0.4, -0.2) is 11.7 Å². The molecule has 1 aliphatic carbocycles. The number of hydrogen-bond acceptors (Lipinski definition) is 2. The van der Waals surface area contributed by atoms with E-state index in [2.05, 4.69) is 5.32 Å². The lowest BCUT2D eigenvalue weighted by Gasteiger charge is -2.30. The Kier molecular flexibility index (Phi) is 4.17. The first-order valence-corrected chi connectivity index (χ1v) is 7.56. The summed E-state index contributed by atoms with van der Waals surface area (Å²) in [7, 11) is 0. The summed E-state index contributed by atoms with van der Waals surface area (Å²) in [6.45, 7) is -0.0806. The van der Waals surface area contributed by atoms with E-state index in [1.165, 1.54) is 12.1 Å². The summed E-state index contributed by atoms with van der Waals surface area (Å²) >= 11 is 0. The Morgan fingerprint density at radius 1 is 1.04 bits per heavy atom. The van der Waals surface area contributed by atoms with Crippen LogP contribution in [0, 0.1) is 0 Å². The van der Waals surface area contributed by atoms with Gasteiger partial charge in [-0.15, -0.1) is 0 Å². The molecule has 0 aromatic heterocycles. The van der Waals surface area contributed by atoms with Crippen molar-refractivity contribution in [2.75, 3.05) is 6.61 Å². The molecule has 3 rings (SSSR count). The molecule has 1 atom stereocenters. The highest BCUT2D eigenvalue weighted by Gasteiger charge is 2.38. The summed E-state index contributed by atoms with van der Waals surface area (Å²) in [5, 5.41) is 13.1. The Bertz CT molecular complexity index is 699. The minimum absolute atomic E-state index is 0.0601. The topological polar surface area (TPSA) is 32.3 Å². The van der Waals surface area contributed by atoms with Crippen molar-refractivity contribution in [3.05, 3.63) is 70.8 Å². The summed E-state index contributed by atoms with van der Waals surface area (Å²) in [6, 6.07) is 13.3. The van der Waals surface area contributed by atoms with E-state index in [9.17, 15) is 18.3 Å². The third-order valence-electron chi connectivity index (χ3n) is 4.56. The molecule has 2 nitrogen and oxygen atoms in total. The maximum atomic E-state index is 13.1. The molecule has 122 valence electrons. The van der Waals surface area contributed by atoms with Gasteiger partial charge in [0.25, 0.3) is 0 Å². The summed E-state index contributed by atoms with van der Waals surface area (Å²) in [5.41, 5.74) is 1.00. The average molecular weight is 321 g/mol. The first kappa shape index (κ1) is 16.0. The molecule has 5 heteroatoms. The molecule has 0 saturated heterocycles. The van der Waals surface area contributed by atoms with Gasteiger partial charge in [-0.1, -0.05) is 42.5 Å². The molecule has 23 heavy (non-hydrogen) atoms. The van der Waals surface area contributed by atoms with Crippen LogP contribution in [0.2, 0.25) is 0 Å². The second kappa shape index (κ2) is 5.98. The van der Waals surface area contributed by atoms with Crippen LogP contribution in [0.15, 0.2) is 48.5 Å². The van der Waals surface area contributed by atoms with E-state index in [-0.39, 0.29) is 18.7 Å². The number of benzene rings is 2. The summed E-state index contributed by atoms with van der Waals surface area (Å²) < 4.78 is 39.3. The zero-order valence-electron chi connectivity index (χ0n) is 12.5. The average Bonchev–Trinajstić information content (AvgIpc) is 2.92. The molecule has 0 spiro atoms. The van der Waals surface area contributed by atoms with Gasteiger partial charge in [0.2, 0.25) is 0 Å². The molecule has 0 fully saturated rings. The second-order valence-electron chi connectivity index (χ2n) is 5.91. The van der Waals surface area contributed by atoms with Crippen LogP contribution >= 0.6 is 0 Å². The highest BCUT2D eigenvalue weighted by Crippen LogP contribution is 2.37. The van der Waals surface area contributed by atoms with Gasteiger partial charge in [-0.2, -0.15) is 13.2 Å². The first-order valence-electron chi connectivity index (χ1n) is 7.56. The van der Waals surface area contributed by atoms with E-state index in [4.69, 9.17) is 0 Å². The third kappa shape index (κ3) is 2.99. The first-order chi connectivity index (χ1) is 11.0. The SMILES string of the molecule is OCC1(NCc2ccccc2C(F)(F)F)CCc2ccccc21. The molecule has 1 unspecified atom stereocenters. The van der Waals surface area contributed by atoms with Gasteiger partial charge in [0.15, 0.2) is 0 Å². The molecular weight excluding hydrogens is 303 g/mol. The molecule has 0 bridgehead atoms. The smallest absolute Gasteiger partial charge is 0.394 e. The Morgan fingerprint density at radius 2 is 1.74 bits per heavy atom. The fourth-order valence-electron chi connectivity index (χ4n) is 3.31. The predicted octanol–water partition coefficient (Wildman–Crippen LogP) is 3.63. The minimum Gasteiger partial charge on any atom is -0.394 e. The van der Waals surface area contributed by atoms with Crippen LogP contribution in [0.5, 0.6) is 0 Å². The molecule has 2 aromatic carbocycles. The van der Waals surface area contributed by atoms with Crippen LogP contribution in [0.3, 0.4) is 0 Å². The third-order valence-corrected chi connectivity index (χ3v) is 4.56. The lowest BCUT2D eigenvalue weighted by atomic mass is 9.92. The summed E-state index contributed by atoms with van der Waals surface area (Å²) in [5.74, 6) is 0. The monoisotopic (exact) mass is 321 g/mol. The molecule has 2 aromatic rings. The maximum Gasteiger partial charge on any atom is 0.416 e. The van der Waals surface area contributed by atoms with Crippen LogP contribution in [0.4, 0.5) is 13.2 Å². The molecule has 2 N–H and O–H groups in total. The Morgan fingerprint density at radius 3 is 2.48 bits per heavy atom. The van der Waals surface area contributed by atoms with E-state index in [1.807, 2.05) is 24.3 Å². The van der Waals surface area contributed by atoms with E-state index in [1.54, 1.807) is 6.07 Å². The number of alkyl halides is 3. The molecule has 0 saturated carbocycles. The van der Waals surface area contributed by atoms with Crippen molar-refractivity contribution in [1.29, 1.82) is 0 Å². The Hall–Kier alpha value is -1.85. The second-order valence-corrected chi connectivity index (χ2v) is 5.91. The van der Waals surface area contributed by atoms with Crippen molar-refractivity contribution in [2.24, 2.45) is 0 Å². The molecular formula is C18H18F3NO. The van der Waals surface area contributed by atoms with Gasteiger partial charge >= 0.3 is 6.18 Å². The number of aliphatic hydroxyl groups excluding tert-OH is 1. The number of nitrogens with one attached hydrogen (secondary N) is 1. The van der Waals surface area contributed by atoms with Crippen LogP contribution in [0.1, 0.15) is 28.7 Å². The number of aliphatic hydroxyl groups is 1. The van der Waals surface area contributed by atoms with Gasteiger partial charge in [-0.25, -0.2) is 0 Å². The van der Waals surface area contributed by atoms with Crippen molar-refractivity contribution in [3.63, 3.8) is 0 Å². The maximum absolute atomic E-state index is 13.1. The van der Waals surface area contributed by atoms with Crippen molar-refractivity contribution in [2.45, 2.75) is 31.1 Å². The standard InChI is InChI=1S/C18H18F3NO/c19-18(20,21)16-8-4-2-6-14(16)11-22-17(12-23)10-9-13-5-1-3-7-15(13)17/h1-8,22-23H,9-12H2. The molecule has 1 aliphatic rings. The number of rotatable bonds is 4. The summed E-state index contributed by atoms with van der Waals surface area (Å²) in [6.07, 6.45) is -2.89. The number of halogens is 3. The fourth-order valence-corrected chi connectivity index (χ4v) is 3.31. The number of aryl methyl sites for hydroxylation is 1. The van der Waals surface area contributed by atoms with Gasteiger partial charge < -0.3 is 10.4 Å². The minimum atomic E-state index is -4.38.